The zero-order valence-corrected chi connectivity index (χ0v) is 7.40. The van der Waals surface area contributed by atoms with Gasteiger partial charge in [0.1, 0.15) is 6.33 Å². The summed E-state index contributed by atoms with van der Waals surface area (Å²) in [5.74, 6) is -0.364. The summed E-state index contributed by atoms with van der Waals surface area (Å²) in [5, 5.41) is 2.94. The molecule has 0 saturated heterocycles. The van der Waals surface area contributed by atoms with Gasteiger partial charge >= 0.3 is 0 Å². The molecule has 0 spiro atoms. The zero-order chi connectivity index (χ0) is 9.68. The smallest absolute Gasteiger partial charge is 0.234 e. The van der Waals surface area contributed by atoms with Crippen LogP contribution in [0.2, 0.25) is 0 Å². The normalized spacial score (nSPS) is 12.4. The number of nitrogens with one attached hydrogen (secondary N) is 1. The lowest BCUT2D eigenvalue weighted by molar-refractivity contribution is -0.119. The minimum atomic E-state index is -0.364. The van der Waals surface area contributed by atoms with E-state index in [0.717, 1.165) is 5.56 Å². The fourth-order valence-electron chi connectivity index (χ4n) is 0.793. The van der Waals surface area contributed by atoms with E-state index in [4.69, 9.17) is 5.73 Å². The summed E-state index contributed by atoms with van der Waals surface area (Å²) in [6, 6.07) is -0.333. The van der Waals surface area contributed by atoms with E-state index in [0.29, 0.717) is 6.54 Å². The van der Waals surface area contributed by atoms with Gasteiger partial charge in [0, 0.05) is 24.5 Å². The van der Waals surface area contributed by atoms with Crippen LogP contribution in [0.5, 0.6) is 0 Å². The Morgan fingerprint density at radius 2 is 2.23 bits per heavy atom. The Morgan fingerprint density at radius 3 is 2.77 bits per heavy atom. The third-order valence-electron chi connectivity index (χ3n) is 1.65. The fraction of sp³-hybridized carbons (Fsp3) is 0.375. The van der Waals surface area contributed by atoms with E-state index >= 15 is 0 Å². The molecule has 1 unspecified atom stereocenters. The summed E-state index contributed by atoms with van der Waals surface area (Å²) in [4.78, 5) is 18.3. The number of hydrogen-bond acceptors (Lipinski definition) is 4. The molecule has 0 radical (unpaired) electrons. The molecule has 0 saturated carbocycles. The third-order valence-corrected chi connectivity index (χ3v) is 1.65. The summed E-state index contributed by atoms with van der Waals surface area (Å²) >= 11 is 0. The van der Waals surface area contributed by atoms with E-state index in [1.807, 2.05) is 0 Å². The van der Waals surface area contributed by atoms with Crippen LogP contribution in [0.25, 0.3) is 0 Å². The maximum absolute atomic E-state index is 10.6. The topological polar surface area (TPSA) is 80.9 Å². The number of rotatable bonds is 4. The molecule has 0 fully saturated rings. The number of nitrogens with zero attached hydrogens (tertiary/aromatic N) is 2. The van der Waals surface area contributed by atoms with Gasteiger partial charge in [-0.15, -0.1) is 0 Å². The lowest BCUT2D eigenvalue weighted by Gasteiger charge is -2.08. The third kappa shape index (κ3) is 3.16. The highest BCUT2D eigenvalue weighted by Crippen LogP contribution is 1.92. The van der Waals surface area contributed by atoms with Crippen molar-refractivity contribution in [1.82, 2.24) is 15.3 Å². The van der Waals surface area contributed by atoms with Crippen LogP contribution in [0.15, 0.2) is 18.7 Å². The highest BCUT2D eigenvalue weighted by Gasteiger charge is 2.06. The number of nitrogens with two attached hydrogens (primary N) is 1. The predicted molar refractivity (Wildman–Crippen MR) is 47.5 cm³/mol. The fourth-order valence-corrected chi connectivity index (χ4v) is 0.793. The molecule has 13 heavy (non-hydrogen) atoms. The summed E-state index contributed by atoms with van der Waals surface area (Å²) in [6.07, 6.45) is 4.84. The summed E-state index contributed by atoms with van der Waals surface area (Å²) in [7, 11) is 0. The Morgan fingerprint density at radius 1 is 1.62 bits per heavy atom. The molecule has 1 aromatic rings. The highest BCUT2D eigenvalue weighted by molar-refractivity contribution is 5.79. The van der Waals surface area contributed by atoms with Gasteiger partial charge in [-0.25, -0.2) is 9.97 Å². The van der Waals surface area contributed by atoms with Gasteiger partial charge in [0.2, 0.25) is 5.91 Å². The van der Waals surface area contributed by atoms with Gasteiger partial charge < -0.3 is 11.1 Å². The van der Waals surface area contributed by atoms with Gasteiger partial charge in [-0.1, -0.05) is 0 Å². The number of aromatic nitrogens is 2. The van der Waals surface area contributed by atoms with Crippen molar-refractivity contribution >= 4 is 5.91 Å². The van der Waals surface area contributed by atoms with Gasteiger partial charge in [-0.2, -0.15) is 0 Å². The van der Waals surface area contributed by atoms with E-state index in [2.05, 4.69) is 15.3 Å². The second-order valence-corrected chi connectivity index (χ2v) is 2.75. The minimum absolute atomic E-state index is 0.333. The van der Waals surface area contributed by atoms with Crippen molar-refractivity contribution in [3.63, 3.8) is 0 Å². The van der Waals surface area contributed by atoms with Gasteiger partial charge in [-0.3, -0.25) is 4.79 Å². The van der Waals surface area contributed by atoms with Crippen molar-refractivity contribution in [2.24, 2.45) is 5.73 Å². The molecule has 0 aromatic carbocycles. The molecule has 0 aliphatic rings. The van der Waals surface area contributed by atoms with Gasteiger partial charge in [0.15, 0.2) is 0 Å². The molecule has 3 N–H and O–H groups in total. The lowest BCUT2D eigenvalue weighted by Crippen LogP contribution is -2.38. The first-order valence-electron chi connectivity index (χ1n) is 3.96. The molecule has 1 amide bonds. The Hall–Kier alpha value is -1.49. The number of carbonyl (C=O) groups is 1. The van der Waals surface area contributed by atoms with E-state index in [1.54, 1.807) is 19.3 Å². The van der Waals surface area contributed by atoms with E-state index in [1.165, 1.54) is 6.33 Å². The molecule has 0 aliphatic heterocycles. The van der Waals surface area contributed by atoms with Gasteiger partial charge in [0.05, 0.1) is 6.04 Å². The molecule has 1 heterocycles. The monoisotopic (exact) mass is 180 g/mol. The molecular weight excluding hydrogens is 168 g/mol. The van der Waals surface area contributed by atoms with Gasteiger partial charge in [0.25, 0.3) is 0 Å². The first-order chi connectivity index (χ1) is 6.20. The van der Waals surface area contributed by atoms with Crippen molar-refractivity contribution in [2.75, 3.05) is 0 Å². The Balaban J connectivity index is 2.39. The predicted octanol–water partition coefficient (Wildman–Crippen LogP) is -0.560. The van der Waals surface area contributed by atoms with Crippen LogP contribution in [0, 0.1) is 0 Å². The number of hydrogen-bond donors (Lipinski definition) is 2. The van der Waals surface area contributed by atoms with Crippen LogP contribution in [-0.2, 0) is 11.3 Å². The molecule has 0 bridgehead atoms. The molecule has 1 rings (SSSR count). The largest absolute Gasteiger partial charge is 0.368 e. The van der Waals surface area contributed by atoms with Crippen LogP contribution in [0.3, 0.4) is 0 Å². The maximum Gasteiger partial charge on any atom is 0.234 e. The van der Waals surface area contributed by atoms with Crippen molar-refractivity contribution in [2.45, 2.75) is 19.5 Å². The molecule has 5 heteroatoms. The molecule has 1 atom stereocenters. The molecule has 5 nitrogen and oxygen atoms in total. The van der Waals surface area contributed by atoms with E-state index in [9.17, 15) is 4.79 Å². The standard InChI is InChI=1S/C8H12N4O/c1-6(8(9)13)12-4-7-2-10-5-11-3-7/h2-3,5-6,12H,4H2,1H3,(H2,9,13). The van der Waals surface area contributed by atoms with Crippen LogP contribution in [0.4, 0.5) is 0 Å². The molecule has 0 aliphatic carbocycles. The van der Waals surface area contributed by atoms with Crippen LogP contribution >= 0.6 is 0 Å². The second kappa shape index (κ2) is 4.51. The summed E-state index contributed by atoms with van der Waals surface area (Å²) in [5.41, 5.74) is 5.99. The first kappa shape index (κ1) is 9.60. The number of carbonyl (C=O) groups excluding carboxylic acids is 1. The second-order valence-electron chi connectivity index (χ2n) is 2.75. The summed E-state index contributed by atoms with van der Waals surface area (Å²) in [6.45, 7) is 2.26. The number of primary amides is 1. The quantitative estimate of drug-likeness (QED) is 0.650. The van der Waals surface area contributed by atoms with E-state index < -0.39 is 0 Å². The maximum atomic E-state index is 10.6. The molecule has 70 valence electrons. The van der Waals surface area contributed by atoms with E-state index in [-0.39, 0.29) is 11.9 Å². The van der Waals surface area contributed by atoms with Crippen LogP contribution in [0.1, 0.15) is 12.5 Å². The Labute approximate surface area is 76.4 Å². The van der Waals surface area contributed by atoms with Crippen LogP contribution < -0.4 is 11.1 Å². The number of amides is 1. The molecule has 1 aromatic heterocycles. The Kier molecular flexibility index (Phi) is 3.33. The average molecular weight is 180 g/mol. The van der Waals surface area contributed by atoms with Crippen molar-refractivity contribution < 1.29 is 4.79 Å². The SMILES string of the molecule is CC(NCc1cncnc1)C(N)=O. The van der Waals surface area contributed by atoms with Crippen molar-refractivity contribution in [3.05, 3.63) is 24.3 Å². The molecular formula is C8H12N4O. The zero-order valence-electron chi connectivity index (χ0n) is 7.40. The summed E-state index contributed by atoms with van der Waals surface area (Å²) < 4.78 is 0. The Bertz CT molecular complexity index is 275. The average Bonchev–Trinajstić information content (AvgIpc) is 2.15. The van der Waals surface area contributed by atoms with Crippen molar-refractivity contribution in [1.29, 1.82) is 0 Å². The highest BCUT2D eigenvalue weighted by atomic mass is 16.1. The minimum Gasteiger partial charge on any atom is -0.368 e. The van der Waals surface area contributed by atoms with Crippen molar-refractivity contribution in [3.8, 4) is 0 Å². The first-order valence-corrected chi connectivity index (χ1v) is 3.96. The van der Waals surface area contributed by atoms with Gasteiger partial charge in [-0.05, 0) is 6.92 Å². The lowest BCUT2D eigenvalue weighted by atomic mass is 10.3. The van der Waals surface area contributed by atoms with Crippen LogP contribution in [-0.4, -0.2) is 21.9 Å².